The Balaban J connectivity index is 1.61. The first-order valence-electron chi connectivity index (χ1n) is 10.4. The zero-order valence-corrected chi connectivity index (χ0v) is 18.9. The van der Waals surface area contributed by atoms with Crippen LogP contribution in [0.1, 0.15) is 27.2 Å². The number of hydrogen-bond donors (Lipinski definition) is 1. The highest BCUT2D eigenvalue weighted by atomic mass is 32.1. The maximum atomic E-state index is 13.6. The topological polar surface area (TPSA) is 106 Å². The molecule has 34 heavy (non-hydrogen) atoms. The fourth-order valence-corrected chi connectivity index (χ4v) is 4.58. The molecule has 1 unspecified atom stereocenters. The Morgan fingerprint density at radius 1 is 1.24 bits per heavy atom. The molecule has 1 amide bonds. The van der Waals surface area contributed by atoms with E-state index in [4.69, 9.17) is 9.15 Å². The minimum atomic E-state index is -0.922. The number of hydrogen-bond acceptors (Lipinski definition) is 8. The van der Waals surface area contributed by atoms with Crippen LogP contribution >= 0.6 is 11.3 Å². The van der Waals surface area contributed by atoms with E-state index in [1.807, 2.05) is 12.1 Å². The molecule has 1 N–H and O–H groups in total. The number of aliphatic hydroxyl groups excluding tert-OH is 1. The zero-order valence-electron chi connectivity index (χ0n) is 18.1. The molecule has 0 spiro atoms. The van der Waals surface area contributed by atoms with Gasteiger partial charge in [0.1, 0.15) is 22.9 Å². The van der Waals surface area contributed by atoms with Crippen LogP contribution in [0.2, 0.25) is 0 Å². The van der Waals surface area contributed by atoms with Gasteiger partial charge in [-0.3, -0.25) is 14.5 Å². The summed E-state index contributed by atoms with van der Waals surface area (Å²) in [6, 6.07) is 14.8. The summed E-state index contributed by atoms with van der Waals surface area (Å²) in [5.74, 6) is -1.32. The largest absolute Gasteiger partial charge is 0.503 e. The van der Waals surface area contributed by atoms with E-state index in [1.54, 1.807) is 55.5 Å². The van der Waals surface area contributed by atoms with Crippen LogP contribution in [0.25, 0.3) is 11.0 Å². The lowest BCUT2D eigenvalue weighted by atomic mass is 9.95. The highest BCUT2D eigenvalue weighted by Crippen LogP contribution is 2.43. The molecule has 0 aliphatic carbocycles. The first-order chi connectivity index (χ1) is 16.5. The van der Waals surface area contributed by atoms with E-state index in [9.17, 15) is 14.7 Å². The Hall–Kier alpha value is -4.24. The lowest BCUT2D eigenvalue weighted by Crippen LogP contribution is -2.31. The van der Waals surface area contributed by atoms with E-state index in [-0.39, 0.29) is 16.5 Å². The summed E-state index contributed by atoms with van der Waals surface area (Å²) in [5, 5.41) is 20.6. The van der Waals surface area contributed by atoms with E-state index in [0.717, 1.165) is 5.39 Å². The summed E-state index contributed by atoms with van der Waals surface area (Å²) < 4.78 is 11.3. The number of nitrogens with zero attached hydrogens (tertiary/aromatic N) is 3. The normalized spacial score (nSPS) is 15.9. The second-order valence-corrected chi connectivity index (χ2v) is 8.75. The summed E-state index contributed by atoms with van der Waals surface area (Å²) >= 11 is 1.19. The molecule has 0 bridgehead atoms. The van der Waals surface area contributed by atoms with Crippen molar-refractivity contribution in [3.63, 3.8) is 0 Å². The van der Waals surface area contributed by atoms with Gasteiger partial charge in [0.25, 0.3) is 5.91 Å². The highest BCUT2D eigenvalue weighted by molar-refractivity contribution is 7.15. The van der Waals surface area contributed by atoms with Gasteiger partial charge < -0.3 is 14.3 Å². The Morgan fingerprint density at radius 3 is 2.68 bits per heavy atom. The number of ketones is 1. The van der Waals surface area contributed by atoms with Crippen molar-refractivity contribution in [1.29, 1.82) is 0 Å². The number of carbonyl (C=O) groups is 2. The van der Waals surface area contributed by atoms with Gasteiger partial charge in [-0.2, -0.15) is 0 Å². The van der Waals surface area contributed by atoms with Crippen molar-refractivity contribution in [1.82, 2.24) is 10.2 Å². The number of para-hydroxylation sites is 1. The van der Waals surface area contributed by atoms with Gasteiger partial charge in [0.05, 0.1) is 11.6 Å². The molecule has 1 aliphatic rings. The van der Waals surface area contributed by atoms with Crippen molar-refractivity contribution in [2.75, 3.05) is 11.5 Å². The number of rotatable bonds is 7. The molecule has 8 nitrogen and oxygen atoms in total. The minimum Gasteiger partial charge on any atom is -0.503 e. The Labute approximate surface area is 198 Å². The van der Waals surface area contributed by atoms with E-state index in [0.29, 0.717) is 28.5 Å². The molecule has 5 rings (SSSR count). The predicted molar refractivity (Wildman–Crippen MR) is 127 cm³/mol. The number of Topliss-reactive ketones (excluding diaryl/α,β-unsaturated/α-hetero) is 1. The van der Waals surface area contributed by atoms with Crippen LogP contribution in [-0.2, 0) is 4.79 Å². The number of carbonyl (C=O) groups excluding carboxylic acids is 2. The van der Waals surface area contributed by atoms with Crippen LogP contribution in [0.5, 0.6) is 5.75 Å². The number of aliphatic hydroxyl groups is 1. The zero-order chi connectivity index (χ0) is 23.8. The smallest absolute Gasteiger partial charge is 0.296 e. The number of anilines is 1. The number of ether oxygens (including phenoxy) is 1. The lowest BCUT2D eigenvalue weighted by Gasteiger charge is -2.24. The lowest BCUT2D eigenvalue weighted by molar-refractivity contribution is -0.117. The molecule has 4 aromatic rings. The monoisotopic (exact) mass is 473 g/mol. The highest BCUT2D eigenvalue weighted by Gasteiger charge is 2.46. The molecule has 2 aromatic heterocycles. The number of aromatic nitrogens is 2. The van der Waals surface area contributed by atoms with Crippen LogP contribution in [0.3, 0.4) is 0 Å². The number of amides is 1. The van der Waals surface area contributed by atoms with Crippen molar-refractivity contribution in [2.45, 2.75) is 13.0 Å². The van der Waals surface area contributed by atoms with Gasteiger partial charge in [-0.05, 0) is 36.8 Å². The number of fused-ring (bicyclic) bond motifs is 1. The summed E-state index contributed by atoms with van der Waals surface area (Å²) in [6.45, 7) is 5.73. The maximum Gasteiger partial charge on any atom is 0.296 e. The fraction of sp³-hybridized carbons (Fsp3) is 0.120. The van der Waals surface area contributed by atoms with Crippen molar-refractivity contribution in [2.24, 2.45) is 0 Å². The Bertz CT molecular complexity index is 1420. The van der Waals surface area contributed by atoms with Crippen molar-refractivity contribution in [3.8, 4) is 5.75 Å². The molecule has 3 heterocycles. The van der Waals surface area contributed by atoms with Crippen molar-refractivity contribution in [3.05, 3.63) is 94.9 Å². The number of furan rings is 1. The summed E-state index contributed by atoms with van der Waals surface area (Å²) in [4.78, 5) is 28.0. The van der Waals surface area contributed by atoms with Crippen LogP contribution in [0.4, 0.5) is 5.13 Å². The van der Waals surface area contributed by atoms with Crippen molar-refractivity contribution >= 4 is 39.1 Å². The summed E-state index contributed by atoms with van der Waals surface area (Å²) in [5.41, 5.74) is 1.04. The van der Waals surface area contributed by atoms with Gasteiger partial charge >= 0.3 is 0 Å². The third-order valence-corrected chi connectivity index (χ3v) is 6.23. The first kappa shape index (κ1) is 21.6. The molecule has 0 saturated carbocycles. The first-order valence-corrected chi connectivity index (χ1v) is 11.2. The van der Waals surface area contributed by atoms with E-state index in [1.165, 1.54) is 16.2 Å². The number of aryl methyl sites for hydroxylation is 1. The van der Waals surface area contributed by atoms with Crippen LogP contribution in [-0.4, -0.2) is 33.6 Å². The van der Waals surface area contributed by atoms with E-state index >= 15 is 0 Å². The molecule has 1 aliphatic heterocycles. The average molecular weight is 474 g/mol. The minimum absolute atomic E-state index is 0.0294. The molecule has 170 valence electrons. The SMILES string of the molecule is C=CCOc1ccc(C2C(C(=O)c3cc4ccccc4o3)=C(O)C(=O)N2c2nnc(C)s2)cc1. The summed E-state index contributed by atoms with van der Waals surface area (Å²) in [7, 11) is 0. The van der Waals surface area contributed by atoms with Gasteiger partial charge in [0.2, 0.25) is 10.9 Å². The van der Waals surface area contributed by atoms with Gasteiger partial charge in [0, 0.05) is 5.39 Å². The third-order valence-electron chi connectivity index (χ3n) is 5.39. The van der Waals surface area contributed by atoms with Crippen LogP contribution < -0.4 is 9.64 Å². The molecule has 0 saturated heterocycles. The molecular weight excluding hydrogens is 454 g/mol. The second-order valence-electron chi connectivity index (χ2n) is 7.59. The van der Waals surface area contributed by atoms with Gasteiger partial charge in [-0.25, -0.2) is 0 Å². The van der Waals surface area contributed by atoms with E-state index < -0.39 is 23.5 Å². The van der Waals surface area contributed by atoms with Crippen LogP contribution in [0.15, 0.2) is 83.0 Å². The van der Waals surface area contributed by atoms with Gasteiger partial charge in [-0.15, -0.1) is 10.2 Å². The molecule has 2 aromatic carbocycles. The van der Waals surface area contributed by atoms with Gasteiger partial charge in [0.15, 0.2) is 11.5 Å². The van der Waals surface area contributed by atoms with Crippen molar-refractivity contribution < 1.29 is 23.8 Å². The van der Waals surface area contributed by atoms with Crippen LogP contribution in [0, 0.1) is 6.92 Å². The molecule has 9 heteroatoms. The standard InChI is InChI=1S/C25H19N3O5S/c1-3-12-32-17-10-8-15(9-11-17)21-20(22(29)19-13-16-6-4-5-7-18(16)33-19)23(30)24(31)28(21)25-27-26-14(2)34-25/h3-11,13,21,30H,1,12H2,2H3. The Kier molecular flexibility index (Phi) is 5.46. The third kappa shape index (κ3) is 3.65. The predicted octanol–water partition coefficient (Wildman–Crippen LogP) is 4.94. The second kappa shape index (κ2) is 8.60. The van der Waals surface area contributed by atoms with E-state index in [2.05, 4.69) is 16.8 Å². The van der Waals surface area contributed by atoms with Gasteiger partial charge in [-0.1, -0.05) is 54.3 Å². The quantitative estimate of drug-likeness (QED) is 0.299. The Morgan fingerprint density at radius 2 is 2.00 bits per heavy atom. The summed E-state index contributed by atoms with van der Waals surface area (Å²) in [6.07, 6.45) is 1.63. The molecular formula is C25H19N3O5S. The fourth-order valence-electron chi connectivity index (χ4n) is 3.86. The molecule has 1 atom stereocenters. The number of benzene rings is 2. The molecule has 0 fully saturated rings. The molecule has 0 radical (unpaired) electrons. The average Bonchev–Trinajstić information content (AvgIpc) is 3.54. The maximum absolute atomic E-state index is 13.6.